The first kappa shape index (κ1) is 22.5. The van der Waals surface area contributed by atoms with Gasteiger partial charge in [0.1, 0.15) is 11.5 Å². The maximum absolute atomic E-state index is 13.5. The molecule has 1 aliphatic rings. The van der Waals surface area contributed by atoms with Crippen molar-refractivity contribution in [1.29, 1.82) is 0 Å². The Bertz CT molecular complexity index is 1330. The molecule has 1 atom stereocenters. The number of hydrogen-bond donors (Lipinski definition) is 1. The van der Waals surface area contributed by atoms with Gasteiger partial charge in [-0.25, -0.2) is 9.97 Å². The molecule has 3 aromatic heterocycles. The van der Waals surface area contributed by atoms with Gasteiger partial charge in [-0.1, -0.05) is 24.3 Å². The number of rotatable bonds is 6. The van der Waals surface area contributed by atoms with Crippen molar-refractivity contribution < 1.29 is 9.59 Å². The molecule has 1 fully saturated rings. The van der Waals surface area contributed by atoms with Crippen LogP contribution >= 0.6 is 0 Å². The van der Waals surface area contributed by atoms with Crippen molar-refractivity contribution in [1.82, 2.24) is 24.6 Å². The highest BCUT2D eigenvalue weighted by molar-refractivity contribution is 6.02. The highest BCUT2D eigenvalue weighted by Gasteiger charge is 2.32. The number of amides is 2. The Labute approximate surface area is 203 Å². The first-order valence-corrected chi connectivity index (χ1v) is 11.6. The first-order valence-electron chi connectivity index (χ1n) is 11.6. The van der Waals surface area contributed by atoms with E-state index in [1.165, 1.54) is 0 Å². The van der Waals surface area contributed by atoms with Crippen LogP contribution in [0.5, 0.6) is 0 Å². The van der Waals surface area contributed by atoms with E-state index in [2.05, 4.69) is 20.4 Å². The smallest absolute Gasteiger partial charge is 0.275 e. The second-order valence-corrected chi connectivity index (χ2v) is 8.68. The van der Waals surface area contributed by atoms with Crippen LogP contribution in [0.15, 0.2) is 79.3 Å². The van der Waals surface area contributed by atoms with Crippen molar-refractivity contribution in [2.75, 3.05) is 11.9 Å². The number of aromatic nitrogens is 4. The largest absolute Gasteiger partial charge is 0.330 e. The fourth-order valence-electron chi connectivity index (χ4n) is 4.35. The standard InChI is InChI=1S/C27H26N6O2/c1-19-11-12-25(28-17-19)31-26(34)23-9-3-8-22(30-23)24-10-4-15-33(24)27(35)21-7-2-6-20(16-21)18-32-14-5-13-29-32/h2-3,5-9,11-14,16-17,24H,4,10,15,18H2,1H3,(H,28,31,34). The summed E-state index contributed by atoms with van der Waals surface area (Å²) in [4.78, 5) is 36.9. The molecule has 8 heteroatoms. The van der Waals surface area contributed by atoms with Crippen LogP contribution in [0.25, 0.3) is 0 Å². The van der Waals surface area contributed by atoms with Gasteiger partial charge >= 0.3 is 0 Å². The van der Waals surface area contributed by atoms with Crippen LogP contribution in [0.2, 0.25) is 0 Å². The zero-order chi connectivity index (χ0) is 24.2. The first-order chi connectivity index (χ1) is 17.1. The van der Waals surface area contributed by atoms with Crippen LogP contribution in [0.1, 0.15) is 56.6 Å². The van der Waals surface area contributed by atoms with Crippen molar-refractivity contribution in [3.05, 3.63) is 107 Å². The molecule has 1 aliphatic heterocycles. The van der Waals surface area contributed by atoms with E-state index >= 15 is 0 Å². The molecule has 4 aromatic rings. The Morgan fingerprint density at radius 1 is 1.09 bits per heavy atom. The molecule has 0 bridgehead atoms. The maximum Gasteiger partial charge on any atom is 0.275 e. The topological polar surface area (TPSA) is 93.0 Å². The zero-order valence-electron chi connectivity index (χ0n) is 19.5. The summed E-state index contributed by atoms with van der Waals surface area (Å²) in [7, 11) is 0. The van der Waals surface area contributed by atoms with Gasteiger partial charge in [-0.15, -0.1) is 0 Å². The third-order valence-corrected chi connectivity index (χ3v) is 6.09. The minimum Gasteiger partial charge on any atom is -0.330 e. The third kappa shape index (κ3) is 5.11. The lowest BCUT2D eigenvalue weighted by atomic mass is 10.1. The van der Waals surface area contributed by atoms with Crippen LogP contribution in [0, 0.1) is 6.92 Å². The molecule has 2 amide bonds. The second-order valence-electron chi connectivity index (χ2n) is 8.68. The maximum atomic E-state index is 13.5. The van der Waals surface area contributed by atoms with E-state index in [4.69, 9.17) is 0 Å². The number of nitrogens with one attached hydrogen (secondary N) is 1. The van der Waals surface area contributed by atoms with Gasteiger partial charge in [0.25, 0.3) is 11.8 Å². The number of anilines is 1. The molecule has 1 N–H and O–H groups in total. The monoisotopic (exact) mass is 466 g/mol. The molecule has 1 aromatic carbocycles. The van der Waals surface area contributed by atoms with E-state index < -0.39 is 0 Å². The molecular formula is C27H26N6O2. The molecule has 0 spiro atoms. The molecular weight excluding hydrogens is 440 g/mol. The fourth-order valence-corrected chi connectivity index (χ4v) is 4.35. The predicted octanol–water partition coefficient (Wildman–Crippen LogP) is 4.26. The van der Waals surface area contributed by atoms with E-state index in [1.807, 2.05) is 71.2 Å². The highest BCUT2D eigenvalue weighted by atomic mass is 16.2. The Morgan fingerprint density at radius 2 is 1.97 bits per heavy atom. The normalized spacial score (nSPS) is 15.2. The zero-order valence-corrected chi connectivity index (χ0v) is 19.5. The Hall–Kier alpha value is -4.33. The van der Waals surface area contributed by atoms with Gasteiger partial charge in [0.2, 0.25) is 0 Å². The molecule has 0 saturated carbocycles. The van der Waals surface area contributed by atoms with Crippen LogP contribution in [0.4, 0.5) is 5.82 Å². The lowest BCUT2D eigenvalue weighted by molar-refractivity contribution is 0.0732. The Morgan fingerprint density at radius 3 is 2.77 bits per heavy atom. The van der Waals surface area contributed by atoms with Gasteiger partial charge < -0.3 is 10.2 Å². The lowest BCUT2D eigenvalue weighted by Crippen LogP contribution is -2.31. The number of carbonyl (C=O) groups is 2. The van der Waals surface area contributed by atoms with E-state index in [0.717, 1.165) is 24.0 Å². The number of benzene rings is 1. The van der Waals surface area contributed by atoms with Crippen LogP contribution in [0.3, 0.4) is 0 Å². The summed E-state index contributed by atoms with van der Waals surface area (Å²) in [5.41, 5.74) is 3.68. The predicted molar refractivity (Wildman–Crippen MR) is 132 cm³/mol. The summed E-state index contributed by atoms with van der Waals surface area (Å²) in [6.45, 7) is 3.19. The highest BCUT2D eigenvalue weighted by Crippen LogP contribution is 2.32. The molecule has 1 unspecified atom stereocenters. The summed E-state index contributed by atoms with van der Waals surface area (Å²) < 4.78 is 1.83. The Kier molecular flexibility index (Phi) is 6.34. The number of likely N-dealkylation sites (tertiary alicyclic amines) is 1. The number of nitrogens with zero attached hydrogens (tertiary/aromatic N) is 5. The van der Waals surface area contributed by atoms with Crippen LogP contribution < -0.4 is 5.32 Å². The molecule has 8 nitrogen and oxygen atoms in total. The molecule has 5 rings (SSSR count). The summed E-state index contributed by atoms with van der Waals surface area (Å²) in [5.74, 6) is 0.112. The minimum atomic E-state index is -0.328. The molecule has 176 valence electrons. The van der Waals surface area contributed by atoms with E-state index in [1.54, 1.807) is 24.5 Å². The molecule has 35 heavy (non-hydrogen) atoms. The quantitative estimate of drug-likeness (QED) is 0.458. The molecule has 0 radical (unpaired) electrons. The van der Waals surface area contributed by atoms with Crippen molar-refractivity contribution in [2.24, 2.45) is 0 Å². The van der Waals surface area contributed by atoms with E-state index in [9.17, 15) is 9.59 Å². The number of carbonyl (C=O) groups excluding carboxylic acids is 2. The SMILES string of the molecule is Cc1ccc(NC(=O)c2cccc(C3CCCN3C(=O)c3cccc(Cn4cccn4)c3)n2)nc1. The molecule has 1 saturated heterocycles. The summed E-state index contributed by atoms with van der Waals surface area (Å²) in [5, 5.41) is 7.03. The molecule has 0 aliphatic carbocycles. The van der Waals surface area contributed by atoms with Crippen molar-refractivity contribution in [2.45, 2.75) is 32.4 Å². The van der Waals surface area contributed by atoms with Crippen molar-refractivity contribution in [3.8, 4) is 0 Å². The molecule has 4 heterocycles. The van der Waals surface area contributed by atoms with Gasteiger partial charge in [-0.2, -0.15) is 5.10 Å². The van der Waals surface area contributed by atoms with Crippen molar-refractivity contribution >= 4 is 17.6 Å². The minimum absolute atomic E-state index is 0.0321. The lowest BCUT2D eigenvalue weighted by Gasteiger charge is -2.25. The van der Waals surface area contributed by atoms with E-state index in [-0.39, 0.29) is 17.9 Å². The third-order valence-electron chi connectivity index (χ3n) is 6.09. The van der Waals surface area contributed by atoms with Gasteiger partial charge in [0.05, 0.1) is 18.3 Å². The average molecular weight is 467 g/mol. The Balaban J connectivity index is 1.33. The van der Waals surface area contributed by atoms with Crippen LogP contribution in [-0.4, -0.2) is 43.0 Å². The fraction of sp³-hybridized carbons (Fsp3) is 0.222. The summed E-state index contributed by atoms with van der Waals surface area (Å²) in [6.07, 6.45) is 7.02. The second kappa shape index (κ2) is 9.89. The number of aryl methyl sites for hydroxylation is 1. The van der Waals surface area contributed by atoms with Gasteiger partial charge in [0.15, 0.2) is 0 Å². The van der Waals surface area contributed by atoms with Crippen molar-refractivity contribution in [3.63, 3.8) is 0 Å². The van der Waals surface area contributed by atoms with Gasteiger partial charge in [-0.3, -0.25) is 14.3 Å². The summed E-state index contributed by atoms with van der Waals surface area (Å²) in [6, 6.07) is 18.4. The number of pyridine rings is 2. The van der Waals surface area contributed by atoms with Crippen LogP contribution in [-0.2, 0) is 6.54 Å². The van der Waals surface area contributed by atoms with Gasteiger partial charge in [0, 0.05) is 30.7 Å². The van der Waals surface area contributed by atoms with E-state index in [0.29, 0.717) is 35.9 Å². The van der Waals surface area contributed by atoms with Gasteiger partial charge in [-0.05, 0) is 67.3 Å². The average Bonchev–Trinajstić information content (AvgIpc) is 3.58. The summed E-state index contributed by atoms with van der Waals surface area (Å²) >= 11 is 0. The number of hydrogen-bond acceptors (Lipinski definition) is 5.